The number of nitrogens with two attached hydrogens (primary N) is 1. The van der Waals surface area contributed by atoms with Crippen molar-refractivity contribution in [3.8, 4) is 5.75 Å². The molecule has 2 rings (SSSR count). The van der Waals surface area contributed by atoms with Crippen molar-refractivity contribution < 1.29 is 18.8 Å². The molecule has 0 aliphatic carbocycles. The average molecular weight is 354 g/mol. The van der Waals surface area contributed by atoms with E-state index in [9.17, 15) is 8.96 Å². The molecule has 0 fully saturated rings. The Labute approximate surface area is 139 Å². The van der Waals surface area contributed by atoms with Gasteiger partial charge in [-0.05, 0) is 24.3 Å². The molecule has 24 heavy (non-hydrogen) atoms. The third-order valence-corrected chi connectivity index (χ3v) is 4.24. The van der Waals surface area contributed by atoms with Gasteiger partial charge in [0.1, 0.15) is 18.8 Å². The smallest absolute Gasteiger partial charge is 0.256 e. The largest absolute Gasteiger partial charge is 0.489 e. The van der Waals surface area contributed by atoms with Crippen molar-refractivity contribution in [2.24, 2.45) is 5.50 Å². The van der Waals surface area contributed by atoms with E-state index in [-0.39, 0.29) is 18.0 Å². The van der Waals surface area contributed by atoms with E-state index in [0.29, 0.717) is 6.54 Å². The quantitative estimate of drug-likeness (QED) is 0.625. The summed E-state index contributed by atoms with van der Waals surface area (Å²) in [5.74, 6) is 0.257. The van der Waals surface area contributed by atoms with E-state index in [1.165, 1.54) is 12.1 Å². The summed E-state index contributed by atoms with van der Waals surface area (Å²) < 4.78 is 31.0. The number of hydrogen-bond acceptors (Lipinski definition) is 5. The maximum atomic E-state index is 14.0. The molecule has 0 saturated heterocycles. The van der Waals surface area contributed by atoms with Gasteiger partial charge in [0.25, 0.3) is 7.44 Å². The molecule has 0 spiro atoms. The van der Waals surface area contributed by atoms with Crippen LogP contribution in [0.5, 0.6) is 5.75 Å². The first kappa shape index (κ1) is 18.2. The molecule has 0 aliphatic heterocycles. The molecule has 7 nitrogen and oxygen atoms in total. The van der Waals surface area contributed by atoms with E-state index < -0.39 is 19.6 Å². The predicted octanol–water partition coefficient (Wildman–Crippen LogP) is 2.25. The van der Waals surface area contributed by atoms with Crippen molar-refractivity contribution in [1.82, 2.24) is 4.98 Å². The van der Waals surface area contributed by atoms with Crippen LogP contribution in [0.15, 0.2) is 42.6 Å². The van der Waals surface area contributed by atoms with Crippen LogP contribution in [0.2, 0.25) is 0 Å². The Kier molecular flexibility index (Phi) is 6.14. The fraction of sp³-hybridized carbons (Fsp3) is 0.267. The van der Waals surface area contributed by atoms with E-state index in [2.05, 4.69) is 10.1 Å². The van der Waals surface area contributed by atoms with Crippen LogP contribution in [0.4, 0.5) is 15.9 Å². The summed E-state index contributed by atoms with van der Waals surface area (Å²) in [5.41, 5.74) is 5.55. The van der Waals surface area contributed by atoms with Gasteiger partial charge in [-0.1, -0.05) is 6.07 Å². The van der Waals surface area contributed by atoms with E-state index >= 15 is 0 Å². The van der Waals surface area contributed by atoms with Crippen LogP contribution in [0.3, 0.4) is 0 Å². The van der Waals surface area contributed by atoms with Crippen LogP contribution in [0, 0.1) is 5.82 Å². The Morgan fingerprint density at radius 3 is 2.83 bits per heavy atom. The Bertz CT molecular complexity index is 717. The van der Waals surface area contributed by atoms with Gasteiger partial charge in [0.15, 0.2) is 11.6 Å². The highest BCUT2D eigenvalue weighted by Gasteiger charge is 2.15. The van der Waals surface area contributed by atoms with Crippen LogP contribution in [0.1, 0.15) is 0 Å². The van der Waals surface area contributed by atoms with Gasteiger partial charge < -0.3 is 19.8 Å². The van der Waals surface area contributed by atoms with Crippen LogP contribution in [-0.2, 0) is 4.57 Å². The maximum absolute atomic E-state index is 14.0. The van der Waals surface area contributed by atoms with Gasteiger partial charge in [-0.15, -0.1) is 0 Å². The molecule has 1 unspecified atom stereocenters. The summed E-state index contributed by atoms with van der Waals surface area (Å²) >= 11 is 0. The number of likely N-dealkylation sites (N-methyl/N-ethyl adjacent to an activating group) is 1. The lowest BCUT2D eigenvalue weighted by molar-refractivity contribution is 0.309. The molecule has 0 saturated carbocycles. The number of benzene rings is 1. The Morgan fingerprint density at radius 1 is 1.42 bits per heavy atom. The molecule has 0 bridgehead atoms. The van der Waals surface area contributed by atoms with Crippen molar-refractivity contribution in [2.45, 2.75) is 0 Å². The highest BCUT2D eigenvalue weighted by molar-refractivity contribution is 7.62. The van der Waals surface area contributed by atoms with Crippen molar-refractivity contribution in [2.75, 3.05) is 36.5 Å². The van der Waals surface area contributed by atoms with Crippen LogP contribution >= 0.6 is 7.44 Å². The summed E-state index contributed by atoms with van der Waals surface area (Å²) in [6.07, 6.45) is 0.979. The first-order valence-corrected chi connectivity index (χ1v) is 9.19. The number of nitrogens with one attached hydrogen (secondary N) is 1. The van der Waals surface area contributed by atoms with E-state index in [4.69, 9.17) is 15.3 Å². The number of aliphatic hydroxyl groups excluding tert-OH is 1. The number of nitrogens with zero attached hydrogens (tertiary/aromatic N) is 2. The van der Waals surface area contributed by atoms with Crippen LogP contribution in [0.25, 0.3) is 0 Å². The van der Waals surface area contributed by atoms with Gasteiger partial charge in [-0.2, -0.15) is 0 Å². The number of ether oxygens (including phenoxy) is 1. The topological polar surface area (TPSA) is 101 Å². The number of halogens is 1. The summed E-state index contributed by atoms with van der Waals surface area (Å²) in [6.45, 7) is 0.793. The molecule has 1 atom stereocenters. The Hall–Kier alpha value is -2.15. The van der Waals surface area contributed by atoms with Crippen molar-refractivity contribution in [1.29, 1.82) is 0 Å². The molecular formula is C15H20FN4O3P. The second kappa shape index (κ2) is 8.10. The summed E-state index contributed by atoms with van der Waals surface area (Å²) in [7, 11) is -1.55. The van der Waals surface area contributed by atoms with Gasteiger partial charge >= 0.3 is 0 Å². The third kappa shape index (κ3) is 5.19. The second-order valence-electron chi connectivity index (χ2n) is 5.15. The van der Waals surface area contributed by atoms with Gasteiger partial charge in [-0.25, -0.2) is 9.37 Å². The monoisotopic (exact) mass is 354 g/mol. The molecule has 0 aliphatic rings. The minimum absolute atomic E-state index is 0.0748. The fourth-order valence-corrected chi connectivity index (χ4v) is 2.57. The predicted molar refractivity (Wildman–Crippen MR) is 91.9 cm³/mol. The average Bonchev–Trinajstić information content (AvgIpc) is 2.57. The standard InChI is InChI=1S/C15H20FN4O3P/c1-20(15-4-2-3-7-18-15)8-9-23-14-6-5-12(10-13(14)16)19-24(17,22)11-21/h2-7,10,21H,8-9,11H2,1H3,(H3,17,19,22). The molecule has 2 aromatic rings. The number of aromatic nitrogens is 1. The fourth-order valence-electron chi connectivity index (χ4n) is 1.93. The number of hydrogen-bond donors (Lipinski definition) is 3. The summed E-state index contributed by atoms with van der Waals surface area (Å²) in [4.78, 5) is 6.09. The van der Waals surface area contributed by atoms with Gasteiger partial charge in [0.2, 0.25) is 0 Å². The molecule has 1 heterocycles. The summed E-state index contributed by atoms with van der Waals surface area (Å²) in [6, 6.07) is 9.59. The van der Waals surface area contributed by atoms with Gasteiger partial charge in [0, 0.05) is 25.0 Å². The number of pyridine rings is 1. The molecule has 1 aromatic carbocycles. The maximum Gasteiger partial charge on any atom is 0.256 e. The molecule has 130 valence electrons. The van der Waals surface area contributed by atoms with E-state index in [1.54, 1.807) is 6.20 Å². The molecule has 0 amide bonds. The zero-order valence-corrected chi connectivity index (χ0v) is 14.1. The molecule has 4 N–H and O–H groups in total. The first-order valence-electron chi connectivity index (χ1n) is 7.22. The lowest BCUT2D eigenvalue weighted by atomic mass is 10.3. The molecular weight excluding hydrogens is 334 g/mol. The minimum Gasteiger partial charge on any atom is -0.489 e. The third-order valence-electron chi connectivity index (χ3n) is 3.18. The Morgan fingerprint density at radius 2 is 2.21 bits per heavy atom. The SMILES string of the molecule is CN(CCOc1ccc(NP(N)(=O)CO)cc1F)c1ccccn1. The molecule has 1 aromatic heterocycles. The second-order valence-corrected chi connectivity index (χ2v) is 7.25. The van der Waals surface area contributed by atoms with Crippen LogP contribution in [-0.4, -0.2) is 36.6 Å². The highest BCUT2D eigenvalue weighted by Crippen LogP contribution is 2.36. The molecule has 9 heteroatoms. The highest BCUT2D eigenvalue weighted by atomic mass is 31.2. The number of aliphatic hydroxyl groups is 1. The van der Waals surface area contributed by atoms with Crippen molar-refractivity contribution in [3.05, 3.63) is 48.4 Å². The van der Waals surface area contributed by atoms with Crippen molar-refractivity contribution >= 4 is 18.9 Å². The first-order chi connectivity index (χ1) is 11.4. The summed E-state index contributed by atoms with van der Waals surface area (Å²) in [5, 5.41) is 11.3. The lowest BCUT2D eigenvalue weighted by Crippen LogP contribution is -2.24. The number of anilines is 2. The van der Waals surface area contributed by atoms with Gasteiger partial charge in [-0.3, -0.25) is 10.1 Å². The zero-order valence-electron chi connectivity index (χ0n) is 13.2. The zero-order chi connectivity index (χ0) is 17.6. The van der Waals surface area contributed by atoms with Gasteiger partial charge in [0.05, 0.1) is 6.54 Å². The number of rotatable bonds is 8. The normalized spacial score (nSPS) is 13.2. The van der Waals surface area contributed by atoms with Crippen LogP contribution < -0.4 is 20.2 Å². The molecule has 0 radical (unpaired) electrons. The Balaban J connectivity index is 1.90. The lowest BCUT2D eigenvalue weighted by Gasteiger charge is -2.18. The minimum atomic E-state index is -3.41. The van der Waals surface area contributed by atoms with E-state index in [1.807, 2.05) is 30.1 Å². The van der Waals surface area contributed by atoms with E-state index in [0.717, 1.165) is 11.9 Å². The van der Waals surface area contributed by atoms with Crippen molar-refractivity contribution in [3.63, 3.8) is 0 Å².